The third-order valence-electron chi connectivity index (χ3n) is 2.31. The van der Waals surface area contributed by atoms with E-state index in [9.17, 15) is 4.79 Å². The number of pyridine rings is 1. The Morgan fingerprint density at radius 3 is 3.05 bits per heavy atom. The lowest BCUT2D eigenvalue weighted by Gasteiger charge is -2.01. The molecule has 6 heteroatoms. The van der Waals surface area contributed by atoms with Crippen LogP contribution in [0.3, 0.4) is 0 Å². The third-order valence-corrected chi connectivity index (χ3v) is 2.31. The molecule has 2 aromatic rings. The van der Waals surface area contributed by atoms with Crippen LogP contribution >= 0.6 is 0 Å². The van der Waals surface area contributed by atoms with Crippen molar-refractivity contribution in [2.75, 3.05) is 13.2 Å². The lowest BCUT2D eigenvalue weighted by molar-refractivity contribution is -0.121. The normalized spacial score (nSPS) is 9.40. The van der Waals surface area contributed by atoms with Crippen LogP contribution in [-0.4, -0.2) is 33.8 Å². The number of carbonyl (C=O) groups excluding carboxylic acids is 1. The predicted octanol–water partition coefficient (Wildman–Crippen LogP) is 0.477. The fraction of sp³-hybridized carbons (Fsp3) is 0.214. The Bertz CT molecular complexity index is 585. The van der Waals surface area contributed by atoms with Gasteiger partial charge in [-0.15, -0.1) is 0 Å². The van der Waals surface area contributed by atoms with Crippen LogP contribution < -0.4 is 10.1 Å². The van der Waals surface area contributed by atoms with Crippen molar-refractivity contribution in [2.24, 2.45) is 0 Å². The van der Waals surface area contributed by atoms with Gasteiger partial charge in [0, 0.05) is 18.6 Å². The lowest BCUT2D eigenvalue weighted by Crippen LogP contribution is -2.28. The van der Waals surface area contributed by atoms with Crippen molar-refractivity contribution in [3.63, 3.8) is 0 Å². The molecule has 0 saturated carbocycles. The molecule has 0 saturated heterocycles. The highest BCUT2D eigenvalue weighted by atomic mass is 16.5. The number of ether oxygens (including phenoxy) is 1. The van der Waals surface area contributed by atoms with E-state index in [1.807, 2.05) is 0 Å². The van der Waals surface area contributed by atoms with Gasteiger partial charge >= 0.3 is 0 Å². The van der Waals surface area contributed by atoms with E-state index in [0.717, 1.165) is 0 Å². The van der Waals surface area contributed by atoms with Crippen LogP contribution in [0.2, 0.25) is 0 Å². The average molecular weight is 270 g/mol. The molecular formula is C14H14N4O2. The summed E-state index contributed by atoms with van der Waals surface area (Å²) in [5.74, 6) is 6.16. The van der Waals surface area contributed by atoms with Gasteiger partial charge in [-0.1, -0.05) is 11.8 Å². The van der Waals surface area contributed by atoms with Gasteiger partial charge < -0.3 is 10.1 Å². The molecule has 0 aliphatic rings. The van der Waals surface area contributed by atoms with Crippen LogP contribution in [0.15, 0.2) is 43.0 Å². The van der Waals surface area contributed by atoms with E-state index in [1.165, 1.54) is 0 Å². The fourth-order valence-corrected chi connectivity index (χ4v) is 1.41. The summed E-state index contributed by atoms with van der Waals surface area (Å²) < 4.78 is 6.89. The van der Waals surface area contributed by atoms with Crippen LogP contribution in [0.25, 0.3) is 0 Å². The summed E-state index contributed by atoms with van der Waals surface area (Å²) in [6.07, 6.45) is 6.65. The van der Waals surface area contributed by atoms with E-state index in [-0.39, 0.29) is 25.6 Å². The Morgan fingerprint density at radius 1 is 1.35 bits per heavy atom. The lowest BCUT2D eigenvalue weighted by atomic mass is 10.4. The van der Waals surface area contributed by atoms with Gasteiger partial charge in [0.15, 0.2) is 0 Å². The molecule has 0 aliphatic carbocycles. The molecule has 2 rings (SSSR count). The Kier molecular flexibility index (Phi) is 5.17. The zero-order valence-electron chi connectivity index (χ0n) is 10.8. The molecule has 0 radical (unpaired) electrons. The summed E-state index contributed by atoms with van der Waals surface area (Å²) in [4.78, 5) is 15.4. The van der Waals surface area contributed by atoms with Gasteiger partial charge in [0.2, 0.25) is 5.91 Å². The number of hydrogen-bond acceptors (Lipinski definition) is 4. The SMILES string of the molecule is O=C(Cn1cccn1)NCC#CCOc1cccnc1. The maximum Gasteiger partial charge on any atom is 0.242 e. The number of aromatic nitrogens is 3. The first-order chi connectivity index (χ1) is 9.84. The smallest absolute Gasteiger partial charge is 0.242 e. The Balaban J connectivity index is 1.61. The molecule has 6 nitrogen and oxygen atoms in total. The second-order valence-corrected chi connectivity index (χ2v) is 3.81. The van der Waals surface area contributed by atoms with Gasteiger partial charge in [-0.25, -0.2) is 0 Å². The molecule has 2 aromatic heterocycles. The van der Waals surface area contributed by atoms with Gasteiger partial charge in [0.25, 0.3) is 0 Å². The van der Waals surface area contributed by atoms with E-state index in [4.69, 9.17) is 4.74 Å². The molecule has 0 aliphatic heterocycles. The van der Waals surface area contributed by atoms with Crippen molar-refractivity contribution in [3.8, 4) is 17.6 Å². The maximum atomic E-state index is 11.5. The number of amides is 1. The van der Waals surface area contributed by atoms with E-state index in [1.54, 1.807) is 47.7 Å². The zero-order valence-corrected chi connectivity index (χ0v) is 10.8. The van der Waals surface area contributed by atoms with Crippen molar-refractivity contribution in [2.45, 2.75) is 6.54 Å². The molecular weight excluding hydrogens is 256 g/mol. The van der Waals surface area contributed by atoms with Gasteiger partial charge in [0.05, 0.1) is 12.7 Å². The molecule has 0 unspecified atom stereocenters. The predicted molar refractivity (Wildman–Crippen MR) is 72.7 cm³/mol. The molecule has 1 N–H and O–H groups in total. The summed E-state index contributed by atoms with van der Waals surface area (Å²) in [6.45, 7) is 0.748. The average Bonchev–Trinajstić information content (AvgIpc) is 2.96. The molecule has 0 bridgehead atoms. The highest BCUT2D eigenvalue weighted by Crippen LogP contribution is 2.04. The second-order valence-electron chi connectivity index (χ2n) is 3.81. The fourth-order valence-electron chi connectivity index (χ4n) is 1.41. The van der Waals surface area contributed by atoms with Crippen LogP contribution in [0.4, 0.5) is 0 Å². The number of hydrogen-bond donors (Lipinski definition) is 1. The van der Waals surface area contributed by atoms with Crippen molar-refractivity contribution in [1.29, 1.82) is 0 Å². The topological polar surface area (TPSA) is 69.0 Å². The molecule has 0 fully saturated rings. The first-order valence-electron chi connectivity index (χ1n) is 6.07. The van der Waals surface area contributed by atoms with E-state index in [0.29, 0.717) is 5.75 Å². The summed E-state index contributed by atoms with van der Waals surface area (Å²) in [7, 11) is 0. The number of nitrogens with one attached hydrogen (secondary N) is 1. The van der Waals surface area contributed by atoms with Gasteiger partial charge in [0.1, 0.15) is 18.9 Å². The molecule has 102 valence electrons. The van der Waals surface area contributed by atoms with Crippen LogP contribution in [-0.2, 0) is 11.3 Å². The summed E-state index contributed by atoms with van der Waals surface area (Å²) in [6, 6.07) is 5.36. The van der Waals surface area contributed by atoms with Gasteiger partial charge in [-0.05, 0) is 18.2 Å². The van der Waals surface area contributed by atoms with E-state index < -0.39 is 0 Å². The standard InChI is InChI=1S/C14H14N4O2/c19-14(12-18-9-4-8-17-18)16-7-1-2-10-20-13-5-3-6-15-11-13/h3-6,8-9,11H,7,10,12H2,(H,16,19). The largest absolute Gasteiger partial charge is 0.479 e. The molecule has 20 heavy (non-hydrogen) atoms. The molecule has 0 aromatic carbocycles. The third kappa shape index (κ3) is 4.82. The number of rotatable bonds is 5. The van der Waals surface area contributed by atoms with Crippen LogP contribution in [0.5, 0.6) is 5.75 Å². The monoisotopic (exact) mass is 270 g/mol. The van der Waals surface area contributed by atoms with E-state index >= 15 is 0 Å². The summed E-state index contributed by atoms with van der Waals surface area (Å²) in [5, 5.41) is 6.62. The van der Waals surface area contributed by atoms with Gasteiger partial charge in [-0.3, -0.25) is 14.5 Å². The first kappa shape index (κ1) is 13.6. The van der Waals surface area contributed by atoms with Gasteiger partial charge in [-0.2, -0.15) is 5.10 Å². The minimum absolute atomic E-state index is 0.129. The zero-order chi connectivity index (χ0) is 14.0. The molecule has 0 atom stereocenters. The Hall–Kier alpha value is -2.81. The summed E-state index contributed by atoms with van der Waals surface area (Å²) >= 11 is 0. The van der Waals surface area contributed by atoms with Crippen molar-refractivity contribution < 1.29 is 9.53 Å². The molecule has 2 heterocycles. The van der Waals surface area contributed by atoms with E-state index in [2.05, 4.69) is 27.2 Å². The van der Waals surface area contributed by atoms with Crippen molar-refractivity contribution in [1.82, 2.24) is 20.1 Å². The maximum absolute atomic E-state index is 11.5. The highest BCUT2D eigenvalue weighted by molar-refractivity contribution is 5.75. The molecule has 1 amide bonds. The van der Waals surface area contributed by atoms with Crippen molar-refractivity contribution >= 4 is 5.91 Å². The Morgan fingerprint density at radius 2 is 2.30 bits per heavy atom. The number of carbonyl (C=O) groups is 1. The highest BCUT2D eigenvalue weighted by Gasteiger charge is 1.99. The first-order valence-corrected chi connectivity index (χ1v) is 6.07. The Labute approximate surface area is 116 Å². The van der Waals surface area contributed by atoms with Crippen molar-refractivity contribution in [3.05, 3.63) is 43.0 Å². The summed E-state index contributed by atoms with van der Waals surface area (Å²) in [5.41, 5.74) is 0. The number of nitrogens with zero attached hydrogens (tertiary/aromatic N) is 3. The van der Waals surface area contributed by atoms with Crippen LogP contribution in [0, 0.1) is 11.8 Å². The minimum Gasteiger partial charge on any atom is -0.479 e. The second kappa shape index (κ2) is 7.59. The molecule has 0 spiro atoms. The van der Waals surface area contributed by atoms with Crippen LogP contribution in [0.1, 0.15) is 0 Å². The minimum atomic E-state index is -0.129. The quantitative estimate of drug-likeness (QED) is 0.802.